The number of amides is 1. The topological polar surface area (TPSA) is 44.4 Å². The van der Waals surface area contributed by atoms with E-state index in [0.717, 1.165) is 38.4 Å². The van der Waals surface area contributed by atoms with Gasteiger partial charge in [0.05, 0.1) is 6.04 Å². The van der Waals surface area contributed by atoms with E-state index in [0.29, 0.717) is 12.1 Å². The lowest BCUT2D eigenvalue weighted by molar-refractivity contribution is -0.127. The SMILES string of the molecule is CC(C)N(CC1CCNCC1)C(C)C(=O)NC1CCCC1. The van der Waals surface area contributed by atoms with Crippen molar-refractivity contribution < 1.29 is 4.79 Å². The molecule has 0 spiro atoms. The van der Waals surface area contributed by atoms with E-state index >= 15 is 0 Å². The van der Waals surface area contributed by atoms with Crippen LogP contribution in [0.1, 0.15) is 59.3 Å². The summed E-state index contributed by atoms with van der Waals surface area (Å²) in [6, 6.07) is 0.831. The molecular weight excluding hydrogens is 262 g/mol. The summed E-state index contributed by atoms with van der Waals surface area (Å²) in [6.07, 6.45) is 7.33. The van der Waals surface area contributed by atoms with Crippen LogP contribution in [0.5, 0.6) is 0 Å². The van der Waals surface area contributed by atoms with Crippen LogP contribution < -0.4 is 10.6 Å². The average molecular weight is 295 g/mol. The van der Waals surface area contributed by atoms with E-state index in [1.54, 1.807) is 0 Å². The van der Waals surface area contributed by atoms with Crippen LogP contribution in [-0.2, 0) is 4.79 Å². The molecule has 1 saturated carbocycles. The molecular formula is C17H33N3O. The Kier molecular flexibility index (Phi) is 6.49. The van der Waals surface area contributed by atoms with Gasteiger partial charge in [0.1, 0.15) is 0 Å². The molecule has 4 nitrogen and oxygen atoms in total. The molecule has 0 radical (unpaired) electrons. The Labute approximate surface area is 130 Å². The molecule has 1 atom stereocenters. The summed E-state index contributed by atoms with van der Waals surface area (Å²) in [5.74, 6) is 0.958. The number of rotatable bonds is 6. The van der Waals surface area contributed by atoms with Gasteiger partial charge >= 0.3 is 0 Å². The van der Waals surface area contributed by atoms with E-state index in [1.807, 2.05) is 0 Å². The lowest BCUT2D eigenvalue weighted by Crippen LogP contribution is -2.52. The molecule has 0 aromatic heterocycles. The smallest absolute Gasteiger partial charge is 0.237 e. The van der Waals surface area contributed by atoms with Crippen LogP contribution in [0.15, 0.2) is 0 Å². The third-order valence-corrected chi connectivity index (χ3v) is 5.17. The number of piperidine rings is 1. The molecule has 0 bridgehead atoms. The van der Waals surface area contributed by atoms with Gasteiger partial charge in [0.2, 0.25) is 5.91 Å². The minimum Gasteiger partial charge on any atom is -0.352 e. The maximum absolute atomic E-state index is 12.5. The summed E-state index contributed by atoms with van der Waals surface area (Å²) in [5.41, 5.74) is 0. The zero-order chi connectivity index (χ0) is 15.2. The third kappa shape index (κ3) is 4.96. The second kappa shape index (κ2) is 8.14. The molecule has 2 N–H and O–H groups in total. The Bertz CT molecular complexity index is 320. The highest BCUT2D eigenvalue weighted by molar-refractivity contribution is 5.81. The molecule has 4 heteroatoms. The number of carbonyl (C=O) groups is 1. The average Bonchev–Trinajstić information content (AvgIpc) is 2.97. The fourth-order valence-electron chi connectivity index (χ4n) is 3.72. The van der Waals surface area contributed by atoms with Gasteiger partial charge in [-0.05, 0) is 65.5 Å². The van der Waals surface area contributed by atoms with Crippen molar-refractivity contribution in [3.63, 3.8) is 0 Å². The van der Waals surface area contributed by atoms with E-state index in [2.05, 4.69) is 36.3 Å². The maximum Gasteiger partial charge on any atom is 0.237 e. The summed E-state index contributed by atoms with van der Waals surface area (Å²) in [6.45, 7) is 9.79. The van der Waals surface area contributed by atoms with Gasteiger partial charge in [0, 0.05) is 18.6 Å². The predicted molar refractivity (Wildman–Crippen MR) is 87.3 cm³/mol. The van der Waals surface area contributed by atoms with E-state index < -0.39 is 0 Å². The number of hydrogen-bond donors (Lipinski definition) is 2. The summed E-state index contributed by atoms with van der Waals surface area (Å²) in [7, 11) is 0. The quantitative estimate of drug-likeness (QED) is 0.789. The van der Waals surface area contributed by atoms with E-state index in [1.165, 1.54) is 25.7 Å². The number of hydrogen-bond acceptors (Lipinski definition) is 3. The molecule has 2 aliphatic rings. The lowest BCUT2D eigenvalue weighted by atomic mass is 9.96. The normalized spacial score (nSPS) is 22.9. The molecule has 2 fully saturated rings. The standard InChI is InChI=1S/C17H33N3O/c1-13(2)20(12-15-8-10-18-11-9-15)14(3)17(21)19-16-6-4-5-7-16/h13-16,18H,4-12H2,1-3H3,(H,19,21). The van der Waals surface area contributed by atoms with Crippen LogP contribution in [0, 0.1) is 5.92 Å². The van der Waals surface area contributed by atoms with Crippen LogP contribution in [0.3, 0.4) is 0 Å². The molecule has 0 aromatic rings. The molecule has 1 saturated heterocycles. The minimum absolute atomic E-state index is 0.0134. The van der Waals surface area contributed by atoms with Gasteiger partial charge in [-0.2, -0.15) is 0 Å². The molecule has 1 unspecified atom stereocenters. The zero-order valence-electron chi connectivity index (χ0n) is 14.0. The van der Waals surface area contributed by atoms with Gasteiger partial charge in [0.25, 0.3) is 0 Å². The fourth-order valence-corrected chi connectivity index (χ4v) is 3.72. The molecule has 2 rings (SSSR count). The maximum atomic E-state index is 12.5. The number of nitrogens with zero attached hydrogens (tertiary/aromatic N) is 1. The highest BCUT2D eigenvalue weighted by Gasteiger charge is 2.28. The molecule has 21 heavy (non-hydrogen) atoms. The van der Waals surface area contributed by atoms with Crippen molar-refractivity contribution in [2.45, 2.75) is 77.4 Å². The Morgan fingerprint density at radius 1 is 1.14 bits per heavy atom. The molecule has 1 aliphatic carbocycles. The summed E-state index contributed by atoms with van der Waals surface area (Å²) < 4.78 is 0. The summed E-state index contributed by atoms with van der Waals surface area (Å²) in [4.78, 5) is 14.9. The first-order valence-corrected chi connectivity index (χ1v) is 8.84. The van der Waals surface area contributed by atoms with Crippen molar-refractivity contribution in [2.75, 3.05) is 19.6 Å². The number of nitrogens with one attached hydrogen (secondary N) is 2. The molecule has 1 amide bonds. The first-order valence-electron chi connectivity index (χ1n) is 8.84. The van der Waals surface area contributed by atoms with Crippen molar-refractivity contribution in [2.24, 2.45) is 5.92 Å². The van der Waals surface area contributed by atoms with Crippen LogP contribution in [0.4, 0.5) is 0 Å². The van der Waals surface area contributed by atoms with Gasteiger partial charge in [-0.1, -0.05) is 12.8 Å². The monoisotopic (exact) mass is 295 g/mol. The van der Waals surface area contributed by atoms with Gasteiger partial charge in [0.15, 0.2) is 0 Å². The van der Waals surface area contributed by atoms with E-state index in [-0.39, 0.29) is 11.9 Å². The predicted octanol–water partition coefficient (Wildman–Crippen LogP) is 2.14. The third-order valence-electron chi connectivity index (χ3n) is 5.17. The highest BCUT2D eigenvalue weighted by atomic mass is 16.2. The van der Waals surface area contributed by atoms with Crippen molar-refractivity contribution in [3.05, 3.63) is 0 Å². The largest absolute Gasteiger partial charge is 0.352 e. The Morgan fingerprint density at radius 3 is 2.33 bits per heavy atom. The molecule has 122 valence electrons. The van der Waals surface area contributed by atoms with Crippen LogP contribution in [0.2, 0.25) is 0 Å². The van der Waals surface area contributed by atoms with Crippen LogP contribution >= 0.6 is 0 Å². The lowest BCUT2D eigenvalue weighted by Gasteiger charge is -2.36. The Hall–Kier alpha value is -0.610. The molecule has 0 aromatic carbocycles. The summed E-state index contributed by atoms with van der Waals surface area (Å²) >= 11 is 0. The first-order chi connectivity index (χ1) is 10.1. The van der Waals surface area contributed by atoms with Crippen molar-refractivity contribution in [1.82, 2.24) is 15.5 Å². The summed E-state index contributed by atoms with van der Waals surface area (Å²) in [5, 5.41) is 6.68. The second-order valence-electron chi connectivity index (χ2n) is 7.15. The van der Waals surface area contributed by atoms with Crippen molar-refractivity contribution >= 4 is 5.91 Å². The van der Waals surface area contributed by atoms with Crippen molar-refractivity contribution in [1.29, 1.82) is 0 Å². The van der Waals surface area contributed by atoms with E-state index in [9.17, 15) is 4.79 Å². The second-order valence-corrected chi connectivity index (χ2v) is 7.15. The van der Waals surface area contributed by atoms with Crippen LogP contribution in [-0.4, -0.2) is 48.6 Å². The van der Waals surface area contributed by atoms with E-state index in [4.69, 9.17) is 0 Å². The van der Waals surface area contributed by atoms with Gasteiger partial charge in [-0.25, -0.2) is 0 Å². The Balaban J connectivity index is 1.87. The van der Waals surface area contributed by atoms with Gasteiger partial charge in [-0.15, -0.1) is 0 Å². The van der Waals surface area contributed by atoms with Crippen molar-refractivity contribution in [3.8, 4) is 0 Å². The van der Waals surface area contributed by atoms with Crippen LogP contribution in [0.25, 0.3) is 0 Å². The zero-order valence-corrected chi connectivity index (χ0v) is 14.0. The number of carbonyl (C=O) groups excluding carboxylic acids is 1. The molecule has 1 aliphatic heterocycles. The molecule has 1 heterocycles. The fraction of sp³-hybridized carbons (Fsp3) is 0.941. The minimum atomic E-state index is -0.0134. The van der Waals surface area contributed by atoms with Gasteiger partial charge < -0.3 is 10.6 Å². The highest BCUT2D eigenvalue weighted by Crippen LogP contribution is 2.20. The first kappa shape index (κ1) is 16.8. The Morgan fingerprint density at radius 2 is 1.76 bits per heavy atom. The van der Waals surface area contributed by atoms with Gasteiger partial charge in [-0.3, -0.25) is 9.69 Å².